The van der Waals surface area contributed by atoms with Crippen molar-refractivity contribution in [2.24, 2.45) is 5.41 Å². The first-order chi connectivity index (χ1) is 10.2. The van der Waals surface area contributed by atoms with Gasteiger partial charge in [0.05, 0.1) is 13.2 Å². The second kappa shape index (κ2) is 8.65. The molecule has 0 aromatic heterocycles. The summed E-state index contributed by atoms with van der Waals surface area (Å²) in [6.07, 6.45) is 6.76. The summed E-state index contributed by atoms with van der Waals surface area (Å²) in [6, 6.07) is 0. The Labute approximate surface area is 135 Å². The van der Waals surface area contributed by atoms with Gasteiger partial charge in [-0.3, -0.25) is 4.79 Å². The normalized spacial score (nSPS) is 25.2. The van der Waals surface area contributed by atoms with Gasteiger partial charge in [0.1, 0.15) is 0 Å². The highest BCUT2D eigenvalue weighted by Gasteiger charge is 2.34. The number of hydrogen-bond acceptors (Lipinski definition) is 5. The average molecular weight is 334 g/mol. The Bertz CT molecular complexity index is 321. The van der Waals surface area contributed by atoms with E-state index in [1.54, 1.807) is 0 Å². The Morgan fingerprint density at radius 2 is 1.90 bits per heavy atom. The first-order valence-corrected chi connectivity index (χ1v) is 10.4. The van der Waals surface area contributed by atoms with Gasteiger partial charge in [-0.05, 0) is 32.1 Å². The fraction of sp³-hybridized carbons (Fsp3) is 0.933. The molecule has 0 radical (unpaired) electrons. The monoisotopic (exact) mass is 333 g/mol. The summed E-state index contributed by atoms with van der Waals surface area (Å²) in [4.78, 5) is 14.1. The molecule has 0 aliphatic carbocycles. The highest BCUT2D eigenvalue weighted by Crippen LogP contribution is 2.40. The lowest BCUT2D eigenvalue weighted by Gasteiger charge is -2.39. The number of hydrogen-bond donors (Lipinski definition) is 2. The van der Waals surface area contributed by atoms with E-state index in [0.717, 1.165) is 18.1 Å². The number of aliphatic hydroxyl groups is 2. The van der Waals surface area contributed by atoms with Crippen LogP contribution in [0.2, 0.25) is 0 Å². The Kier molecular flexibility index (Phi) is 7.19. The summed E-state index contributed by atoms with van der Waals surface area (Å²) in [5.74, 6) is 1.52. The van der Waals surface area contributed by atoms with Gasteiger partial charge in [0.25, 0.3) is 0 Å². The van der Waals surface area contributed by atoms with Crippen LogP contribution in [0.25, 0.3) is 0 Å². The number of amides is 1. The molecule has 2 aliphatic heterocycles. The third-order valence-electron chi connectivity index (χ3n) is 4.74. The van der Waals surface area contributed by atoms with E-state index < -0.39 is 0 Å². The fourth-order valence-electron chi connectivity index (χ4n) is 2.97. The Morgan fingerprint density at radius 1 is 1.19 bits per heavy atom. The van der Waals surface area contributed by atoms with Crippen molar-refractivity contribution in [3.05, 3.63) is 0 Å². The first kappa shape index (κ1) is 17.4. The number of nitrogens with zero attached hydrogens (tertiary/aromatic N) is 1. The van der Waals surface area contributed by atoms with Crippen molar-refractivity contribution >= 4 is 27.5 Å². The molecule has 2 heterocycles. The van der Waals surface area contributed by atoms with Crippen molar-refractivity contribution in [1.29, 1.82) is 0 Å². The maximum atomic E-state index is 12.2. The van der Waals surface area contributed by atoms with Gasteiger partial charge in [-0.15, -0.1) is 0 Å². The van der Waals surface area contributed by atoms with Crippen LogP contribution in [0, 0.1) is 5.41 Å². The lowest BCUT2D eigenvalue weighted by molar-refractivity contribution is -0.134. The fourth-order valence-corrected chi connectivity index (χ4v) is 6.00. The molecule has 0 unspecified atom stereocenters. The number of aliphatic hydroxyl groups excluding tert-OH is 2. The van der Waals surface area contributed by atoms with Crippen LogP contribution in [0.1, 0.15) is 44.9 Å². The SMILES string of the molecule is O=C(CCCC[C@@H]1CCSS1)N1CCC(CO)(CO)CC1. The molecule has 2 N–H and O–H groups in total. The number of unbranched alkanes of at least 4 members (excludes halogenated alkanes) is 1. The van der Waals surface area contributed by atoms with Gasteiger partial charge in [0, 0.05) is 35.9 Å². The van der Waals surface area contributed by atoms with Gasteiger partial charge in [-0.25, -0.2) is 0 Å². The third kappa shape index (κ3) is 5.05. The summed E-state index contributed by atoms with van der Waals surface area (Å²) in [5.41, 5.74) is -0.367. The van der Waals surface area contributed by atoms with Gasteiger partial charge in [-0.2, -0.15) is 0 Å². The van der Waals surface area contributed by atoms with Crippen LogP contribution in [-0.2, 0) is 4.79 Å². The number of carbonyl (C=O) groups is 1. The molecule has 2 aliphatic rings. The second-order valence-electron chi connectivity index (χ2n) is 6.27. The maximum absolute atomic E-state index is 12.2. The van der Waals surface area contributed by atoms with Crippen LogP contribution >= 0.6 is 21.6 Å². The zero-order chi connectivity index (χ0) is 15.1. The number of rotatable bonds is 7. The standard InChI is InChI=1S/C15H27NO3S2/c17-11-15(12-18)6-8-16(9-7-15)14(19)4-2-1-3-13-5-10-20-21-13/h13,17-18H,1-12H2/t13-/m1/s1. The van der Waals surface area contributed by atoms with Gasteiger partial charge in [-0.1, -0.05) is 28.0 Å². The number of carbonyl (C=O) groups excluding carboxylic acids is 1. The predicted molar refractivity (Wildman–Crippen MR) is 89.3 cm³/mol. The van der Waals surface area contributed by atoms with E-state index in [1.807, 2.05) is 26.5 Å². The third-order valence-corrected chi connectivity index (χ3v) is 7.75. The van der Waals surface area contributed by atoms with E-state index in [0.29, 0.717) is 32.4 Å². The number of likely N-dealkylation sites (tertiary alicyclic amines) is 1. The minimum absolute atomic E-state index is 0.0165. The van der Waals surface area contributed by atoms with E-state index >= 15 is 0 Å². The molecule has 2 fully saturated rings. The van der Waals surface area contributed by atoms with E-state index in [1.165, 1.54) is 18.6 Å². The molecule has 0 spiro atoms. The van der Waals surface area contributed by atoms with Gasteiger partial charge < -0.3 is 15.1 Å². The van der Waals surface area contributed by atoms with Crippen molar-refractivity contribution in [3.8, 4) is 0 Å². The molecule has 4 nitrogen and oxygen atoms in total. The molecule has 1 atom stereocenters. The van der Waals surface area contributed by atoms with Crippen LogP contribution < -0.4 is 0 Å². The van der Waals surface area contributed by atoms with Gasteiger partial charge in [0.2, 0.25) is 5.91 Å². The van der Waals surface area contributed by atoms with Crippen molar-refractivity contribution < 1.29 is 15.0 Å². The first-order valence-electron chi connectivity index (χ1n) is 7.97. The Hall–Kier alpha value is 0.0900. The summed E-state index contributed by atoms with van der Waals surface area (Å²) in [7, 11) is 3.98. The summed E-state index contributed by atoms with van der Waals surface area (Å²) in [5, 5.41) is 19.6. The van der Waals surface area contributed by atoms with E-state index in [-0.39, 0.29) is 24.5 Å². The predicted octanol–water partition coefficient (Wildman–Crippen LogP) is 2.29. The summed E-state index contributed by atoms with van der Waals surface area (Å²) < 4.78 is 0. The highest BCUT2D eigenvalue weighted by atomic mass is 33.1. The molecular weight excluding hydrogens is 306 g/mol. The minimum atomic E-state index is -0.367. The molecule has 1 amide bonds. The molecule has 0 bridgehead atoms. The van der Waals surface area contributed by atoms with Crippen molar-refractivity contribution in [3.63, 3.8) is 0 Å². The Balaban J connectivity index is 1.60. The highest BCUT2D eigenvalue weighted by molar-refractivity contribution is 8.77. The lowest BCUT2D eigenvalue weighted by Crippen LogP contribution is -2.46. The van der Waals surface area contributed by atoms with E-state index in [4.69, 9.17) is 0 Å². The topological polar surface area (TPSA) is 60.8 Å². The minimum Gasteiger partial charge on any atom is -0.396 e. The molecule has 2 saturated heterocycles. The number of piperidine rings is 1. The van der Waals surface area contributed by atoms with Crippen LogP contribution in [0.15, 0.2) is 0 Å². The lowest BCUT2D eigenvalue weighted by atomic mass is 9.80. The smallest absolute Gasteiger partial charge is 0.222 e. The summed E-state index contributed by atoms with van der Waals surface area (Å²) in [6.45, 7) is 1.38. The molecule has 21 heavy (non-hydrogen) atoms. The average Bonchev–Trinajstić information content (AvgIpc) is 3.05. The van der Waals surface area contributed by atoms with Crippen LogP contribution in [0.5, 0.6) is 0 Å². The Morgan fingerprint density at radius 3 is 2.48 bits per heavy atom. The van der Waals surface area contributed by atoms with Crippen molar-refractivity contribution in [2.45, 2.75) is 50.2 Å². The summed E-state index contributed by atoms with van der Waals surface area (Å²) >= 11 is 0. The van der Waals surface area contributed by atoms with Crippen LogP contribution in [-0.4, -0.2) is 58.3 Å². The maximum Gasteiger partial charge on any atom is 0.222 e. The van der Waals surface area contributed by atoms with Gasteiger partial charge >= 0.3 is 0 Å². The molecule has 0 saturated carbocycles. The second-order valence-corrected chi connectivity index (χ2v) is 9.06. The van der Waals surface area contributed by atoms with Crippen molar-refractivity contribution in [2.75, 3.05) is 32.1 Å². The zero-order valence-electron chi connectivity index (χ0n) is 12.6. The molecule has 0 aromatic rings. The quantitative estimate of drug-likeness (QED) is 0.553. The van der Waals surface area contributed by atoms with Crippen molar-refractivity contribution in [1.82, 2.24) is 4.90 Å². The molecule has 0 aromatic carbocycles. The van der Waals surface area contributed by atoms with Crippen LogP contribution in [0.3, 0.4) is 0 Å². The molecule has 2 rings (SSSR count). The molecule has 122 valence electrons. The molecule has 6 heteroatoms. The zero-order valence-corrected chi connectivity index (χ0v) is 14.3. The molecular formula is C15H27NO3S2. The largest absolute Gasteiger partial charge is 0.396 e. The van der Waals surface area contributed by atoms with E-state index in [2.05, 4.69) is 0 Å². The van der Waals surface area contributed by atoms with Gasteiger partial charge in [0.15, 0.2) is 0 Å². The van der Waals surface area contributed by atoms with Crippen LogP contribution in [0.4, 0.5) is 0 Å². The van der Waals surface area contributed by atoms with E-state index in [9.17, 15) is 15.0 Å².